The van der Waals surface area contributed by atoms with Crippen molar-refractivity contribution in [1.29, 1.82) is 0 Å². The average molecular weight is 330 g/mol. The normalized spacial score (nSPS) is 16.5. The van der Waals surface area contributed by atoms with Crippen LogP contribution in [-0.4, -0.2) is 26.4 Å². The molecule has 0 saturated carbocycles. The van der Waals surface area contributed by atoms with Crippen molar-refractivity contribution in [2.75, 3.05) is 21.3 Å². The fraction of sp³-hybridized carbons (Fsp3) is 0.235. The van der Waals surface area contributed by atoms with Gasteiger partial charge in [0.05, 0.1) is 21.3 Å². The number of nitrogens with one attached hydrogen (secondary N) is 1. The Morgan fingerprint density at radius 2 is 1.61 bits per heavy atom. The van der Waals surface area contributed by atoms with Crippen molar-refractivity contribution in [1.82, 2.24) is 5.43 Å². The fourth-order valence-corrected chi connectivity index (χ4v) is 3.37. The van der Waals surface area contributed by atoms with Crippen LogP contribution in [0.25, 0.3) is 0 Å². The second-order valence-electron chi connectivity index (χ2n) is 4.87. The average Bonchev–Trinajstić information content (AvgIpc) is 3.11. The lowest BCUT2D eigenvalue weighted by Crippen LogP contribution is -2.07. The molecule has 1 atom stereocenters. The molecule has 2 aromatic rings. The van der Waals surface area contributed by atoms with E-state index in [4.69, 9.17) is 14.2 Å². The molecule has 0 unspecified atom stereocenters. The third-order valence-corrected chi connectivity index (χ3v) is 4.69. The summed E-state index contributed by atoms with van der Waals surface area (Å²) < 4.78 is 16.2. The number of thioether (sulfide) groups is 1. The van der Waals surface area contributed by atoms with Crippen molar-refractivity contribution in [3.05, 3.63) is 53.6 Å². The van der Waals surface area contributed by atoms with Gasteiger partial charge in [0.25, 0.3) is 0 Å². The third kappa shape index (κ3) is 3.07. The Bertz CT molecular complexity index is 694. The first kappa shape index (κ1) is 15.6. The van der Waals surface area contributed by atoms with Gasteiger partial charge in [-0.3, -0.25) is 5.43 Å². The summed E-state index contributed by atoms with van der Waals surface area (Å²) in [5.41, 5.74) is 5.27. The van der Waals surface area contributed by atoms with Gasteiger partial charge in [0, 0.05) is 5.56 Å². The number of hydrogen-bond donors (Lipinski definition) is 1. The summed E-state index contributed by atoms with van der Waals surface area (Å²) in [4.78, 5) is 0. The highest BCUT2D eigenvalue weighted by Gasteiger charge is 2.25. The molecule has 1 aliphatic rings. The molecule has 2 aromatic carbocycles. The summed E-state index contributed by atoms with van der Waals surface area (Å²) in [6.07, 6.45) is 0. The predicted octanol–water partition coefficient (Wildman–Crippen LogP) is 3.41. The molecule has 0 bridgehead atoms. The molecule has 1 aliphatic heterocycles. The van der Waals surface area contributed by atoms with E-state index in [0.717, 1.165) is 16.2 Å². The van der Waals surface area contributed by atoms with E-state index in [-0.39, 0.29) is 5.37 Å². The van der Waals surface area contributed by atoms with E-state index in [1.165, 1.54) is 0 Å². The van der Waals surface area contributed by atoms with Crippen LogP contribution in [0.3, 0.4) is 0 Å². The van der Waals surface area contributed by atoms with Crippen LogP contribution in [0, 0.1) is 0 Å². The number of hydrazone groups is 1. The zero-order chi connectivity index (χ0) is 16.2. The summed E-state index contributed by atoms with van der Waals surface area (Å²) in [5, 5.41) is 5.40. The van der Waals surface area contributed by atoms with Gasteiger partial charge in [0.15, 0.2) is 11.5 Å². The molecule has 3 rings (SSSR count). The molecule has 0 radical (unpaired) electrons. The maximum absolute atomic E-state index is 5.41. The second-order valence-corrected chi connectivity index (χ2v) is 5.96. The monoisotopic (exact) mass is 330 g/mol. The number of hydrogen-bond acceptors (Lipinski definition) is 6. The molecular weight excluding hydrogens is 312 g/mol. The number of methoxy groups -OCH3 is 3. The van der Waals surface area contributed by atoms with Crippen LogP contribution in [0.15, 0.2) is 47.6 Å². The Kier molecular flexibility index (Phi) is 4.62. The Hall–Kier alpha value is -2.34. The van der Waals surface area contributed by atoms with E-state index in [0.29, 0.717) is 17.2 Å². The summed E-state index contributed by atoms with van der Waals surface area (Å²) in [6, 6.07) is 14.0. The molecule has 5 nitrogen and oxygen atoms in total. The lowest BCUT2D eigenvalue weighted by Gasteiger charge is -2.16. The minimum absolute atomic E-state index is 0.00101. The molecule has 0 aliphatic carbocycles. The highest BCUT2D eigenvalue weighted by atomic mass is 32.2. The van der Waals surface area contributed by atoms with E-state index >= 15 is 0 Å². The van der Waals surface area contributed by atoms with Gasteiger partial charge in [0.2, 0.25) is 5.75 Å². The highest BCUT2D eigenvalue weighted by molar-refractivity contribution is 8.14. The zero-order valence-corrected chi connectivity index (χ0v) is 14.0. The van der Waals surface area contributed by atoms with Crippen molar-refractivity contribution in [2.45, 2.75) is 5.37 Å². The predicted molar refractivity (Wildman–Crippen MR) is 92.5 cm³/mol. The van der Waals surface area contributed by atoms with Crippen LogP contribution < -0.4 is 19.6 Å². The summed E-state index contributed by atoms with van der Waals surface area (Å²) in [7, 11) is 4.82. The molecule has 6 heteroatoms. The largest absolute Gasteiger partial charge is 0.493 e. The maximum Gasteiger partial charge on any atom is 0.203 e. The second kappa shape index (κ2) is 6.83. The fourth-order valence-electron chi connectivity index (χ4n) is 2.39. The van der Waals surface area contributed by atoms with Crippen LogP contribution in [0.5, 0.6) is 17.2 Å². The topological polar surface area (TPSA) is 52.1 Å². The minimum Gasteiger partial charge on any atom is -0.493 e. The lowest BCUT2D eigenvalue weighted by atomic mass is 10.2. The highest BCUT2D eigenvalue weighted by Crippen LogP contribution is 2.43. The Labute approximate surface area is 139 Å². The maximum atomic E-state index is 5.41. The summed E-state index contributed by atoms with van der Waals surface area (Å²) in [5.74, 6) is 1.86. The van der Waals surface area contributed by atoms with Crippen molar-refractivity contribution in [2.24, 2.45) is 5.10 Å². The van der Waals surface area contributed by atoms with Gasteiger partial charge < -0.3 is 14.2 Å². The van der Waals surface area contributed by atoms with E-state index < -0.39 is 0 Å². The quantitative estimate of drug-likeness (QED) is 0.910. The molecule has 0 aromatic heterocycles. The Morgan fingerprint density at radius 1 is 0.957 bits per heavy atom. The minimum atomic E-state index is -0.00101. The molecule has 1 heterocycles. The molecule has 0 spiro atoms. The number of nitrogens with zero attached hydrogens (tertiary/aromatic N) is 1. The Balaban J connectivity index is 1.87. The molecular formula is C17H18N2O3S. The molecule has 1 N–H and O–H groups in total. The molecule has 0 amide bonds. The zero-order valence-electron chi connectivity index (χ0n) is 13.2. The number of ether oxygens (including phenoxy) is 3. The van der Waals surface area contributed by atoms with Crippen molar-refractivity contribution in [3.63, 3.8) is 0 Å². The van der Waals surface area contributed by atoms with Crippen molar-refractivity contribution in [3.8, 4) is 17.2 Å². The van der Waals surface area contributed by atoms with Gasteiger partial charge in [-0.2, -0.15) is 5.10 Å². The Morgan fingerprint density at radius 3 is 2.17 bits per heavy atom. The summed E-state index contributed by atoms with van der Waals surface area (Å²) >= 11 is 1.66. The van der Waals surface area contributed by atoms with Gasteiger partial charge in [-0.1, -0.05) is 42.1 Å². The van der Waals surface area contributed by atoms with Crippen LogP contribution in [0.2, 0.25) is 0 Å². The van der Waals surface area contributed by atoms with Crippen LogP contribution in [-0.2, 0) is 0 Å². The van der Waals surface area contributed by atoms with Crippen LogP contribution in [0.4, 0.5) is 0 Å². The standard InChI is InChI=1S/C17H18N2O3S/c1-20-13-9-12(10-14(21-2)15(13)22-3)17-19-18-16(23-17)11-7-5-4-6-8-11/h4-10,17,19H,1-3H3/t17-/m1/s1. The van der Waals surface area contributed by atoms with Crippen molar-refractivity contribution < 1.29 is 14.2 Å². The molecule has 0 saturated heterocycles. The van der Waals surface area contributed by atoms with E-state index in [1.807, 2.05) is 42.5 Å². The summed E-state index contributed by atoms with van der Waals surface area (Å²) in [6.45, 7) is 0. The van der Waals surface area contributed by atoms with E-state index in [2.05, 4.69) is 10.5 Å². The van der Waals surface area contributed by atoms with Crippen molar-refractivity contribution >= 4 is 16.8 Å². The number of benzene rings is 2. The van der Waals surface area contributed by atoms with Crippen LogP contribution >= 0.6 is 11.8 Å². The number of rotatable bonds is 5. The van der Waals surface area contributed by atoms with E-state index in [9.17, 15) is 0 Å². The molecule has 120 valence electrons. The van der Waals surface area contributed by atoms with E-state index in [1.54, 1.807) is 33.1 Å². The molecule has 0 fully saturated rings. The molecule has 23 heavy (non-hydrogen) atoms. The first-order valence-corrected chi connectivity index (χ1v) is 8.00. The lowest BCUT2D eigenvalue weighted by molar-refractivity contribution is 0.323. The van der Waals surface area contributed by atoms with Gasteiger partial charge in [-0.25, -0.2) is 0 Å². The van der Waals surface area contributed by atoms with Gasteiger partial charge in [-0.15, -0.1) is 0 Å². The first-order valence-electron chi connectivity index (χ1n) is 7.12. The van der Waals surface area contributed by atoms with Gasteiger partial charge in [0.1, 0.15) is 10.4 Å². The van der Waals surface area contributed by atoms with Crippen LogP contribution in [0.1, 0.15) is 16.5 Å². The van der Waals surface area contributed by atoms with Gasteiger partial charge in [-0.05, 0) is 17.7 Å². The van der Waals surface area contributed by atoms with Gasteiger partial charge >= 0.3 is 0 Å². The SMILES string of the molecule is COc1cc([C@@H]2NN=C(c3ccccc3)S2)cc(OC)c1OC. The smallest absolute Gasteiger partial charge is 0.203 e. The third-order valence-electron chi connectivity index (χ3n) is 3.52. The first-order chi connectivity index (χ1) is 11.3.